The predicted molar refractivity (Wildman–Crippen MR) is 114 cm³/mol. The summed E-state index contributed by atoms with van der Waals surface area (Å²) in [5.74, 6) is -0.160. The van der Waals surface area contributed by atoms with Gasteiger partial charge in [0.25, 0.3) is 5.91 Å². The number of aromatic nitrogens is 1. The molecule has 1 aliphatic carbocycles. The van der Waals surface area contributed by atoms with Crippen LogP contribution in [-0.4, -0.2) is 29.4 Å². The van der Waals surface area contributed by atoms with E-state index in [1.54, 1.807) is 31.4 Å². The number of ketones is 1. The van der Waals surface area contributed by atoms with Crippen LogP contribution in [0.5, 0.6) is 0 Å². The number of nitrogens with one attached hydrogen (secondary N) is 1. The summed E-state index contributed by atoms with van der Waals surface area (Å²) in [6.45, 7) is 4.21. The van der Waals surface area contributed by atoms with Crippen LogP contribution in [-0.2, 0) is 0 Å². The normalized spacial score (nSPS) is 13.9. The molecule has 0 aliphatic heterocycles. The van der Waals surface area contributed by atoms with Crippen molar-refractivity contribution in [2.45, 2.75) is 19.8 Å². The third-order valence-corrected chi connectivity index (χ3v) is 5.14. The number of anilines is 1. The van der Waals surface area contributed by atoms with Crippen LogP contribution in [0.15, 0.2) is 65.9 Å². The van der Waals surface area contributed by atoms with Crippen molar-refractivity contribution >= 4 is 23.1 Å². The fourth-order valence-corrected chi connectivity index (χ4v) is 3.80. The van der Waals surface area contributed by atoms with E-state index >= 15 is 0 Å². The van der Waals surface area contributed by atoms with Crippen LogP contribution in [0.4, 0.5) is 5.69 Å². The summed E-state index contributed by atoms with van der Waals surface area (Å²) in [6.07, 6.45) is 3.10. The van der Waals surface area contributed by atoms with Gasteiger partial charge in [-0.25, -0.2) is 0 Å². The fourth-order valence-electron chi connectivity index (χ4n) is 3.80. The molecule has 0 atom stereocenters. The Morgan fingerprint density at radius 2 is 1.76 bits per heavy atom. The molecule has 0 saturated carbocycles. The standard InChI is InChI=1S/C24H21N3O2/c1-14(2)16-8-4-10-18-20(16)22(25-3)17-9-5-11-19(21(17)23(18)28)27-24(29)15-7-6-12-26-13-15/h4-14H,1-3H3,(H,27,29). The van der Waals surface area contributed by atoms with Gasteiger partial charge in [-0.1, -0.05) is 44.2 Å². The molecule has 29 heavy (non-hydrogen) atoms. The number of carbonyl (C=O) groups is 2. The Kier molecular flexibility index (Phi) is 4.80. The lowest BCUT2D eigenvalue weighted by atomic mass is 9.78. The molecule has 0 bridgehead atoms. The number of amides is 1. The second-order valence-corrected chi connectivity index (χ2v) is 7.25. The maximum absolute atomic E-state index is 13.5. The molecule has 5 heteroatoms. The first kappa shape index (κ1) is 18.7. The SMILES string of the molecule is CN=C1c2cccc(NC(=O)c3cccnc3)c2C(=O)c2cccc(C(C)C)c21. The van der Waals surface area contributed by atoms with Gasteiger partial charge in [-0.2, -0.15) is 0 Å². The van der Waals surface area contributed by atoms with Gasteiger partial charge in [0.15, 0.2) is 5.78 Å². The number of benzene rings is 2. The summed E-state index contributed by atoms with van der Waals surface area (Å²) < 4.78 is 0. The van der Waals surface area contributed by atoms with Crippen LogP contribution in [0.1, 0.15) is 62.7 Å². The Hall–Kier alpha value is -3.60. The molecule has 144 valence electrons. The largest absolute Gasteiger partial charge is 0.321 e. The minimum atomic E-state index is -0.309. The number of fused-ring (bicyclic) bond motifs is 2. The molecule has 0 unspecified atom stereocenters. The summed E-state index contributed by atoms with van der Waals surface area (Å²) in [6, 6.07) is 14.6. The zero-order valence-corrected chi connectivity index (χ0v) is 16.6. The Labute approximate surface area is 169 Å². The van der Waals surface area contributed by atoms with Crippen molar-refractivity contribution in [2.75, 3.05) is 12.4 Å². The van der Waals surface area contributed by atoms with Gasteiger partial charge in [0.05, 0.1) is 22.5 Å². The van der Waals surface area contributed by atoms with E-state index in [4.69, 9.17) is 0 Å². The van der Waals surface area contributed by atoms with Gasteiger partial charge in [0, 0.05) is 36.1 Å². The highest BCUT2D eigenvalue weighted by Gasteiger charge is 2.32. The molecule has 0 radical (unpaired) electrons. The maximum atomic E-state index is 13.5. The molecule has 0 fully saturated rings. The highest BCUT2D eigenvalue weighted by atomic mass is 16.2. The van der Waals surface area contributed by atoms with Gasteiger partial charge in [-0.15, -0.1) is 0 Å². The van der Waals surface area contributed by atoms with E-state index in [9.17, 15) is 9.59 Å². The van der Waals surface area contributed by atoms with Gasteiger partial charge in [-0.3, -0.25) is 19.6 Å². The summed E-state index contributed by atoms with van der Waals surface area (Å²) in [5, 5.41) is 2.87. The molecular weight excluding hydrogens is 362 g/mol. The van der Waals surface area contributed by atoms with E-state index in [1.807, 2.05) is 30.3 Å². The van der Waals surface area contributed by atoms with Crippen molar-refractivity contribution in [1.82, 2.24) is 4.98 Å². The smallest absolute Gasteiger partial charge is 0.257 e. The number of carbonyl (C=O) groups excluding carboxylic acids is 2. The van der Waals surface area contributed by atoms with Gasteiger partial charge in [0.1, 0.15) is 0 Å². The molecule has 5 nitrogen and oxygen atoms in total. The molecule has 0 saturated heterocycles. The van der Waals surface area contributed by atoms with Gasteiger partial charge in [-0.05, 0) is 29.7 Å². The zero-order chi connectivity index (χ0) is 20.5. The van der Waals surface area contributed by atoms with Crippen molar-refractivity contribution in [1.29, 1.82) is 0 Å². The van der Waals surface area contributed by atoms with Crippen LogP contribution in [0.2, 0.25) is 0 Å². The van der Waals surface area contributed by atoms with E-state index in [2.05, 4.69) is 29.1 Å². The first-order valence-corrected chi connectivity index (χ1v) is 9.52. The van der Waals surface area contributed by atoms with Crippen LogP contribution in [0.25, 0.3) is 0 Å². The minimum Gasteiger partial charge on any atom is -0.321 e. The Balaban J connectivity index is 1.86. The lowest BCUT2D eigenvalue weighted by Gasteiger charge is -2.26. The van der Waals surface area contributed by atoms with E-state index in [0.29, 0.717) is 22.4 Å². The van der Waals surface area contributed by atoms with Crippen molar-refractivity contribution in [3.8, 4) is 0 Å². The highest BCUT2D eigenvalue weighted by molar-refractivity contribution is 6.32. The number of nitrogens with zero attached hydrogens (tertiary/aromatic N) is 2. The quantitative estimate of drug-likeness (QED) is 0.567. The van der Waals surface area contributed by atoms with Crippen LogP contribution in [0, 0.1) is 0 Å². The molecular formula is C24H21N3O2. The number of pyridine rings is 1. The average molecular weight is 383 g/mol. The molecule has 1 N–H and O–H groups in total. The third kappa shape index (κ3) is 3.14. The van der Waals surface area contributed by atoms with E-state index in [1.165, 1.54) is 6.20 Å². The average Bonchev–Trinajstić information content (AvgIpc) is 2.74. The molecule has 0 spiro atoms. The van der Waals surface area contributed by atoms with Gasteiger partial charge >= 0.3 is 0 Å². The summed E-state index contributed by atoms with van der Waals surface area (Å²) in [7, 11) is 1.73. The molecule has 3 aromatic rings. The van der Waals surface area contributed by atoms with Crippen LogP contribution >= 0.6 is 0 Å². The predicted octanol–water partition coefficient (Wildman–Crippen LogP) is 4.47. The summed E-state index contributed by atoms with van der Waals surface area (Å²) in [4.78, 5) is 34.6. The first-order valence-electron chi connectivity index (χ1n) is 9.52. The molecule has 1 aromatic heterocycles. The molecule has 2 aromatic carbocycles. The third-order valence-electron chi connectivity index (χ3n) is 5.14. The van der Waals surface area contributed by atoms with E-state index in [-0.39, 0.29) is 17.6 Å². The molecule has 1 heterocycles. The van der Waals surface area contributed by atoms with E-state index < -0.39 is 0 Å². The second-order valence-electron chi connectivity index (χ2n) is 7.25. The van der Waals surface area contributed by atoms with Crippen LogP contribution in [0.3, 0.4) is 0 Å². The lowest BCUT2D eigenvalue weighted by molar-refractivity contribution is 0.102. The van der Waals surface area contributed by atoms with Gasteiger partial charge in [0.2, 0.25) is 0 Å². The molecule has 4 rings (SSSR count). The monoisotopic (exact) mass is 383 g/mol. The summed E-state index contributed by atoms with van der Waals surface area (Å²) in [5.41, 5.74) is 5.48. The Morgan fingerprint density at radius 3 is 2.45 bits per heavy atom. The number of aliphatic imine (C=N–C) groups is 1. The molecule has 1 amide bonds. The van der Waals surface area contributed by atoms with Crippen molar-refractivity contribution < 1.29 is 9.59 Å². The van der Waals surface area contributed by atoms with Crippen LogP contribution < -0.4 is 5.32 Å². The Bertz CT molecular complexity index is 1150. The number of hydrogen-bond donors (Lipinski definition) is 1. The highest BCUT2D eigenvalue weighted by Crippen LogP contribution is 2.36. The summed E-state index contributed by atoms with van der Waals surface area (Å²) >= 11 is 0. The second kappa shape index (κ2) is 7.43. The van der Waals surface area contributed by atoms with Crippen molar-refractivity contribution in [3.05, 3.63) is 94.3 Å². The maximum Gasteiger partial charge on any atom is 0.257 e. The van der Waals surface area contributed by atoms with Crippen molar-refractivity contribution in [2.24, 2.45) is 4.99 Å². The Morgan fingerprint density at radius 1 is 1.00 bits per heavy atom. The number of rotatable bonds is 3. The fraction of sp³-hybridized carbons (Fsp3) is 0.167. The minimum absolute atomic E-state index is 0.105. The molecule has 1 aliphatic rings. The lowest BCUT2D eigenvalue weighted by Crippen LogP contribution is -2.26. The van der Waals surface area contributed by atoms with Crippen molar-refractivity contribution in [3.63, 3.8) is 0 Å². The first-order chi connectivity index (χ1) is 14.0. The van der Waals surface area contributed by atoms with E-state index in [0.717, 1.165) is 22.4 Å². The topological polar surface area (TPSA) is 71.4 Å². The van der Waals surface area contributed by atoms with Gasteiger partial charge < -0.3 is 5.32 Å². The zero-order valence-electron chi connectivity index (χ0n) is 16.6. The number of hydrogen-bond acceptors (Lipinski definition) is 4.